The van der Waals surface area contributed by atoms with Gasteiger partial charge in [-0.2, -0.15) is 0 Å². The Morgan fingerprint density at radius 3 is 2.57 bits per heavy atom. The minimum Gasteiger partial charge on any atom is -0.390 e. The van der Waals surface area contributed by atoms with Gasteiger partial charge in [-0.1, -0.05) is 11.6 Å². The number of hydrogen-bond donors (Lipinski definition) is 1. The average molecular weight is 228 g/mol. The monoisotopic (exact) mass is 227 g/mol. The average Bonchev–Trinajstić information content (AvgIpc) is 2.06. The second-order valence-corrected chi connectivity index (χ2v) is 2.70. The number of pyridine rings is 1. The van der Waals surface area contributed by atoms with Crippen LogP contribution in [0.2, 0.25) is 5.02 Å². The van der Waals surface area contributed by atoms with Crippen molar-refractivity contribution in [1.82, 2.24) is 4.98 Å². The molecule has 0 unspecified atom stereocenters. The van der Waals surface area contributed by atoms with Gasteiger partial charge in [0.15, 0.2) is 0 Å². The number of aliphatic hydroxyl groups excluding tert-OH is 1. The number of aromatic nitrogens is 1. The molecule has 1 N–H and O–H groups in total. The first-order valence-electron chi connectivity index (χ1n) is 3.44. The molecule has 0 spiro atoms. The van der Waals surface area contributed by atoms with E-state index in [4.69, 9.17) is 16.7 Å². The van der Waals surface area contributed by atoms with Gasteiger partial charge in [-0.15, -0.1) is 13.2 Å². The van der Waals surface area contributed by atoms with E-state index in [-0.39, 0.29) is 10.7 Å². The molecule has 0 aromatic carbocycles. The largest absolute Gasteiger partial charge is 0.574 e. The number of nitrogens with zero attached hydrogens (tertiary/aromatic N) is 1. The molecule has 78 valence electrons. The third kappa shape index (κ3) is 3.04. The van der Waals surface area contributed by atoms with Gasteiger partial charge in [-0.3, -0.25) is 0 Å². The quantitative estimate of drug-likeness (QED) is 0.842. The maximum absolute atomic E-state index is 11.8. The van der Waals surface area contributed by atoms with Crippen molar-refractivity contribution in [3.63, 3.8) is 0 Å². The number of aliphatic hydroxyl groups is 1. The van der Waals surface area contributed by atoms with Crippen molar-refractivity contribution in [3.05, 3.63) is 22.8 Å². The Bertz CT molecular complexity index is 329. The Hall–Kier alpha value is -1.01. The molecule has 0 amide bonds. The van der Waals surface area contributed by atoms with Crippen LogP contribution >= 0.6 is 11.6 Å². The molecule has 14 heavy (non-hydrogen) atoms. The molecule has 0 aliphatic heterocycles. The SMILES string of the molecule is OCc1ccc(Cl)c(OC(F)(F)F)n1. The van der Waals surface area contributed by atoms with Crippen LogP contribution in [0, 0.1) is 0 Å². The van der Waals surface area contributed by atoms with Crippen LogP contribution in [0.1, 0.15) is 5.69 Å². The lowest BCUT2D eigenvalue weighted by Crippen LogP contribution is -2.18. The molecule has 0 fully saturated rings. The highest BCUT2D eigenvalue weighted by molar-refractivity contribution is 6.31. The van der Waals surface area contributed by atoms with E-state index in [0.717, 1.165) is 0 Å². The van der Waals surface area contributed by atoms with Crippen molar-refractivity contribution in [2.45, 2.75) is 13.0 Å². The van der Waals surface area contributed by atoms with Crippen LogP contribution in [0.4, 0.5) is 13.2 Å². The molecule has 0 aliphatic rings. The van der Waals surface area contributed by atoms with Gasteiger partial charge in [0.25, 0.3) is 0 Å². The first-order chi connectivity index (χ1) is 6.42. The van der Waals surface area contributed by atoms with Crippen LogP contribution in [0.3, 0.4) is 0 Å². The maximum Gasteiger partial charge on any atom is 0.574 e. The molecule has 0 saturated carbocycles. The second kappa shape index (κ2) is 4.02. The van der Waals surface area contributed by atoms with Crippen molar-refractivity contribution in [1.29, 1.82) is 0 Å². The number of hydrogen-bond acceptors (Lipinski definition) is 3. The molecule has 3 nitrogen and oxygen atoms in total. The second-order valence-electron chi connectivity index (χ2n) is 2.30. The smallest absolute Gasteiger partial charge is 0.390 e. The minimum atomic E-state index is -4.84. The van der Waals surface area contributed by atoms with E-state index in [0.29, 0.717) is 0 Å². The topological polar surface area (TPSA) is 42.4 Å². The summed E-state index contributed by atoms with van der Waals surface area (Å²) in [5.41, 5.74) is 0.0497. The van der Waals surface area contributed by atoms with Gasteiger partial charge < -0.3 is 9.84 Å². The van der Waals surface area contributed by atoms with Crippen molar-refractivity contribution >= 4 is 11.6 Å². The lowest BCUT2D eigenvalue weighted by molar-refractivity contribution is -0.276. The fraction of sp³-hybridized carbons (Fsp3) is 0.286. The molecule has 0 saturated heterocycles. The summed E-state index contributed by atoms with van der Waals surface area (Å²) in [6.07, 6.45) is -4.84. The highest BCUT2D eigenvalue weighted by Gasteiger charge is 2.32. The van der Waals surface area contributed by atoms with Gasteiger partial charge in [-0.25, -0.2) is 4.98 Å². The Balaban J connectivity index is 2.95. The summed E-state index contributed by atoms with van der Waals surface area (Å²) in [4.78, 5) is 3.35. The van der Waals surface area contributed by atoms with Gasteiger partial charge in [0.2, 0.25) is 5.88 Å². The Labute approximate surface area is 82.1 Å². The van der Waals surface area contributed by atoms with Crippen molar-refractivity contribution < 1.29 is 23.0 Å². The number of halogens is 4. The normalized spacial score (nSPS) is 11.5. The highest BCUT2D eigenvalue weighted by Crippen LogP contribution is 2.27. The predicted octanol–water partition coefficient (Wildman–Crippen LogP) is 2.13. The Kier molecular flexibility index (Phi) is 3.17. The van der Waals surface area contributed by atoms with Crippen LogP contribution in [0.25, 0.3) is 0 Å². The summed E-state index contributed by atoms with van der Waals surface area (Å²) in [7, 11) is 0. The summed E-state index contributed by atoms with van der Waals surface area (Å²) in [5, 5.41) is 8.34. The fourth-order valence-electron chi connectivity index (χ4n) is 0.731. The van der Waals surface area contributed by atoms with Gasteiger partial charge >= 0.3 is 6.36 Å². The summed E-state index contributed by atoms with van der Waals surface area (Å²) in [5.74, 6) is -0.759. The lowest BCUT2D eigenvalue weighted by atomic mass is 10.4. The first kappa shape index (κ1) is 11.1. The van der Waals surface area contributed by atoms with Crippen LogP contribution in [0.5, 0.6) is 5.88 Å². The van der Waals surface area contributed by atoms with Crippen LogP contribution in [-0.4, -0.2) is 16.5 Å². The van der Waals surface area contributed by atoms with E-state index in [9.17, 15) is 13.2 Å². The number of ether oxygens (including phenoxy) is 1. The minimum absolute atomic E-state index is 0.0497. The van der Waals surface area contributed by atoms with Crippen molar-refractivity contribution in [2.75, 3.05) is 0 Å². The predicted molar refractivity (Wildman–Crippen MR) is 41.9 cm³/mol. The number of rotatable bonds is 2. The zero-order valence-corrected chi connectivity index (χ0v) is 7.43. The third-order valence-corrected chi connectivity index (χ3v) is 1.53. The molecule has 1 rings (SSSR count). The van der Waals surface area contributed by atoms with Gasteiger partial charge in [0, 0.05) is 0 Å². The molecule has 0 bridgehead atoms. The van der Waals surface area contributed by atoms with Gasteiger partial charge in [-0.05, 0) is 12.1 Å². The van der Waals surface area contributed by atoms with Crippen LogP contribution in [0.15, 0.2) is 12.1 Å². The van der Waals surface area contributed by atoms with E-state index in [1.807, 2.05) is 0 Å². The van der Waals surface area contributed by atoms with Gasteiger partial charge in [0.1, 0.15) is 5.02 Å². The van der Waals surface area contributed by atoms with E-state index < -0.39 is 18.8 Å². The van der Waals surface area contributed by atoms with Crippen molar-refractivity contribution in [3.8, 4) is 5.88 Å². The summed E-state index contributed by atoms with van der Waals surface area (Å²) < 4.78 is 38.8. The Morgan fingerprint density at radius 1 is 1.43 bits per heavy atom. The maximum atomic E-state index is 11.8. The van der Waals surface area contributed by atoms with Gasteiger partial charge in [0.05, 0.1) is 12.3 Å². The van der Waals surface area contributed by atoms with Crippen molar-refractivity contribution in [2.24, 2.45) is 0 Å². The molecule has 1 aromatic heterocycles. The van der Waals surface area contributed by atoms with E-state index in [1.165, 1.54) is 12.1 Å². The molecule has 0 atom stereocenters. The molecular formula is C7H5ClF3NO2. The molecule has 0 radical (unpaired) electrons. The summed E-state index contributed by atoms with van der Waals surface area (Å²) in [6.45, 7) is -0.481. The lowest BCUT2D eigenvalue weighted by Gasteiger charge is -2.09. The van der Waals surface area contributed by atoms with Crippen LogP contribution < -0.4 is 4.74 Å². The highest BCUT2D eigenvalue weighted by atomic mass is 35.5. The van der Waals surface area contributed by atoms with E-state index in [1.54, 1.807) is 0 Å². The third-order valence-electron chi connectivity index (χ3n) is 1.25. The number of alkyl halides is 3. The summed E-state index contributed by atoms with van der Waals surface area (Å²) >= 11 is 5.39. The zero-order chi connectivity index (χ0) is 10.8. The van der Waals surface area contributed by atoms with E-state index >= 15 is 0 Å². The zero-order valence-electron chi connectivity index (χ0n) is 6.68. The molecule has 1 aromatic rings. The Morgan fingerprint density at radius 2 is 2.07 bits per heavy atom. The molecule has 1 heterocycles. The van der Waals surface area contributed by atoms with E-state index in [2.05, 4.69) is 9.72 Å². The standard InChI is InChI=1S/C7H5ClF3NO2/c8-5-2-1-4(3-13)12-6(5)14-7(9,10)11/h1-2,13H,3H2. The first-order valence-corrected chi connectivity index (χ1v) is 3.82. The molecule has 7 heteroatoms. The summed E-state index contributed by atoms with van der Waals surface area (Å²) in [6, 6.07) is 2.47. The molecular weight excluding hydrogens is 223 g/mol. The van der Waals surface area contributed by atoms with Crippen LogP contribution in [-0.2, 0) is 6.61 Å². The molecule has 0 aliphatic carbocycles. The fourth-order valence-corrected chi connectivity index (χ4v) is 0.875.